The lowest BCUT2D eigenvalue weighted by atomic mass is 9.76. The zero-order chi connectivity index (χ0) is 20.3. The first-order valence-corrected chi connectivity index (χ1v) is 9.64. The summed E-state index contributed by atoms with van der Waals surface area (Å²) in [6.45, 7) is 2.05. The van der Waals surface area contributed by atoms with Gasteiger partial charge in [-0.05, 0) is 30.7 Å². The normalized spacial score (nSPS) is 29.9. The number of carbonyl (C=O) groups is 3. The molecule has 4 atom stereocenters. The van der Waals surface area contributed by atoms with Gasteiger partial charge in [-0.15, -0.1) is 0 Å². The minimum absolute atomic E-state index is 0.181. The third-order valence-corrected chi connectivity index (χ3v) is 6.36. The largest absolute Gasteiger partial charge is 0.497 e. The fourth-order valence-corrected chi connectivity index (χ4v) is 5.05. The summed E-state index contributed by atoms with van der Waals surface area (Å²) in [5.74, 6) is -1.43. The standard InChI is InChI=1S/C22H21N3O4/c1-12-17-18(22(24-12)15-5-3-4-6-16(15)23-21(22)28)20(27)25(19(17)26)11-13-7-9-14(29-2)10-8-13/h3-10,12,17-18,24H,11H2,1-2H3,(H,23,28)/t12-,17+,18+,22+/m0/s1. The van der Waals surface area contributed by atoms with Crippen molar-refractivity contribution in [1.29, 1.82) is 0 Å². The third-order valence-electron chi connectivity index (χ3n) is 6.36. The molecule has 3 heterocycles. The summed E-state index contributed by atoms with van der Waals surface area (Å²) in [5.41, 5.74) is 1.05. The van der Waals surface area contributed by atoms with Crippen molar-refractivity contribution in [2.75, 3.05) is 12.4 Å². The Hall–Kier alpha value is -3.19. The minimum atomic E-state index is -1.21. The van der Waals surface area contributed by atoms with Crippen molar-refractivity contribution in [1.82, 2.24) is 10.2 Å². The van der Waals surface area contributed by atoms with Crippen LogP contribution in [0.5, 0.6) is 5.75 Å². The molecule has 0 bridgehead atoms. The molecular formula is C22H21N3O4. The molecule has 0 radical (unpaired) electrons. The summed E-state index contributed by atoms with van der Waals surface area (Å²) in [6.07, 6.45) is 0. The highest BCUT2D eigenvalue weighted by Crippen LogP contribution is 2.52. The molecular weight excluding hydrogens is 370 g/mol. The number of methoxy groups -OCH3 is 1. The van der Waals surface area contributed by atoms with Crippen LogP contribution in [-0.4, -0.2) is 35.8 Å². The van der Waals surface area contributed by atoms with Crippen molar-refractivity contribution in [2.45, 2.75) is 25.0 Å². The summed E-state index contributed by atoms with van der Waals surface area (Å²) in [5, 5.41) is 6.18. The number of para-hydroxylation sites is 1. The number of nitrogens with zero attached hydrogens (tertiary/aromatic N) is 1. The first-order valence-electron chi connectivity index (χ1n) is 9.64. The molecule has 5 rings (SSSR count). The molecule has 2 aromatic rings. The fourth-order valence-electron chi connectivity index (χ4n) is 5.05. The summed E-state index contributed by atoms with van der Waals surface area (Å²) in [4.78, 5) is 41.0. The number of fused-ring (bicyclic) bond motifs is 4. The quantitative estimate of drug-likeness (QED) is 0.777. The average Bonchev–Trinajstić information content (AvgIpc) is 3.28. The number of ether oxygens (including phenoxy) is 1. The SMILES string of the molecule is COc1ccc(CN2C(=O)[C@@H]3[C@H](C)N[C@@]4(C(=O)Nc5ccccc54)[C@H]3C2=O)cc1. The fraction of sp³-hybridized carbons (Fsp3) is 0.318. The number of rotatable bonds is 3. The summed E-state index contributed by atoms with van der Waals surface area (Å²) in [7, 11) is 1.59. The van der Waals surface area contributed by atoms with Gasteiger partial charge in [-0.2, -0.15) is 0 Å². The zero-order valence-electron chi connectivity index (χ0n) is 16.1. The molecule has 3 aliphatic heterocycles. The summed E-state index contributed by atoms with van der Waals surface area (Å²) in [6, 6.07) is 14.3. The molecule has 0 aromatic heterocycles. The highest BCUT2D eigenvalue weighted by atomic mass is 16.5. The number of nitrogens with one attached hydrogen (secondary N) is 2. The smallest absolute Gasteiger partial charge is 0.250 e. The highest BCUT2D eigenvalue weighted by Gasteiger charge is 2.69. The number of amides is 3. The lowest BCUT2D eigenvalue weighted by Crippen LogP contribution is -2.52. The second-order valence-electron chi connectivity index (χ2n) is 7.85. The van der Waals surface area contributed by atoms with E-state index in [0.29, 0.717) is 11.4 Å². The molecule has 148 valence electrons. The number of benzene rings is 2. The Labute approximate surface area is 168 Å². The molecule has 3 aliphatic rings. The van der Waals surface area contributed by atoms with E-state index in [2.05, 4.69) is 10.6 Å². The maximum Gasteiger partial charge on any atom is 0.250 e. The van der Waals surface area contributed by atoms with Gasteiger partial charge >= 0.3 is 0 Å². The van der Waals surface area contributed by atoms with Gasteiger partial charge in [0.15, 0.2) is 0 Å². The molecule has 2 fully saturated rings. The lowest BCUT2D eigenvalue weighted by Gasteiger charge is -2.29. The van der Waals surface area contributed by atoms with Crippen molar-refractivity contribution < 1.29 is 19.1 Å². The number of anilines is 1. The van der Waals surface area contributed by atoms with Crippen molar-refractivity contribution in [3.63, 3.8) is 0 Å². The van der Waals surface area contributed by atoms with E-state index in [9.17, 15) is 14.4 Å². The summed E-state index contributed by atoms with van der Waals surface area (Å²) >= 11 is 0. The van der Waals surface area contributed by atoms with Crippen LogP contribution in [0.4, 0.5) is 5.69 Å². The Balaban J connectivity index is 1.53. The van der Waals surface area contributed by atoms with Gasteiger partial charge in [0.1, 0.15) is 11.3 Å². The van der Waals surface area contributed by atoms with Crippen LogP contribution in [0.15, 0.2) is 48.5 Å². The van der Waals surface area contributed by atoms with Gasteiger partial charge in [0.05, 0.1) is 25.5 Å². The van der Waals surface area contributed by atoms with E-state index in [4.69, 9.17) is 4.74 Å². The van der Waals surface area contributed by atoms with Crippen molar-refractivity contribution in [2.24, 2.45) is 11.8 Å². The second kappa shape index (κ2) is 6.15. The van der Waals surface area contributed by atoms with Crippen molar-refractivity contribution in [3.8, 4) is 5.75 Å². The van der Waals surface area contributed by atoms with E-state index in [1.165, 1.54) is 4.90 Å². The molecule has 1 spiro atoms. The first kappa shape index (κ1) is 17.9. The van der Waals surface area contributed by atoms with Gasteiger partial charge in [-0.1, -0.05) is 30.3 Å². The number of likely N-dealkylation sites (tertiary alicyclic amines) is 1. The third kappa shape index (κ3) is 2.31. The van der Waals surface area contributed by atoms with Crippen LogP contribution in [-0.2, 0) is 26.5 Å². The Morgan fingerprint density at radius 2 is 1.76 bits per heavy atom. The Bertz CT molecular complexity index is 1030. The minimum Gasteiger partial charge on any atom is -0.497 e. The predicted molar refractivity (Wildman–Crippen MR) is 105 cm³/mol. The van der Waals surface area contributed by atoms with Crippen LogP contribution in [0, 0.1) is 11.8 Å². The van der Waals surface area contributed by atoms with E-state index in [1.807, 2.05) is 43.3 Å². The van der Waals surface area contributed by atoms with Gasteiger partial charge in [0.2, 0.25) is 17.7 Å². The molecule has 2 N–H and O–H groups in total. The van der Waals surface area contributed by atoms with Crippen molar-refractivity contribution >= 4 is 23.4 Å². The van der Waals surface area contributed by atoms with Crippen molar-refractivity contribution in [3.05, 3.63) is 59.7 Å². The Kier molecular flexibility index (Phi) is 3.79. The van der Waals surface area contributed by atoms with Gasteiger partial charge < -0.3 is 10.1 Å². The molecule has 7 heteroatoms. The predicted octanol–water partition coefficient (Wildman–Crippen LogP) is 1.64. The molecule has 7 nitrogen and oxygen atoms in total. The van der Waals surface area contributed by atoms with E-state index in [-0.39, 0.29) is 30.3 Å². The van der Waals surface area contributed by atoms with E-state index < -0.39 is 17.4 Å². The van der Waals surface area contributed by atoms with E-state index in [0.717, 1.165) is 11.1 Å². The lowest BCUT2D eigenvalue weighted by molar-refractivity contribution is -0.143. The van der Waals surface area contributed by atoms with E-state index >= 15 is 0 Å². The van der Waals surface area contributed by atoms with Crippen LogP contribution < -0.4 is 15.4 Å². The number of hydrogen-bond donors (Lipinski definition) is 2. The van der Waals surface area contributed by atoms with Crippen LogP contribution in [0.3, 0.4) is 0 Å². The molecule has 0 aliphatic carbocycles. The molecule has 0 saturated carbocycles. The monoisotopic (exact) mass is 391 g/mol. The van der Waals surface area contributed by atoms with Crippen LogP contribution in [0.2, 0.25) is 0 Å². The second-order valence-corrected chi connectivity index (χ2v) is 7.85. The van der Waals surface area contributed by atoms with Crippen LogP contribution in [0.1, 0.15) is 18.1 Å². The maximum atomic E-state index is 13.4. The first-order chi connectivity index (χ1) is 14.0. The number of hydrogen-bond acceptors (Lipinski definition) is 5. The van der Waals surface area contributed by atoms with Gasteiger partial charge in [0.25, 0.3) is 0 Å². The van der Waals surface area contributed by atoms with Gasteiger partial charge in [0, 0.05) is 17.3 Å². The molecule has 2 aromatic carbocycles. The topological polar surface area (TPSA) is 87.7 Å². The van der Waals surface area contributed by atoms with E-state index in [1.54, 1.807) is 19.2 Å². The van der Waals surface area contributed by atoms with Crippen LogP contribution >= 0.6 is 0 Å². The van der Waals surface area contributed by atoms with Gasteiger partial charge in [-0.3, -0.25) is 24.6 Å². The molecule has 2 saturated heterocycles. The maximum absolute atomic E-state index is 13.4. The number of carbonyl (C=O) groups excluding carboxylic acids is 3. The molecule has 0 unspecified atom stereocenters. The van der Waals surface area contributed by atoms with Gasteiger partial charge in [-0.25, -0.2) is 0 Å². The molecule has 29 heavy (non-hydrogen) atoms. The molecule has 3 amide bonds. The number of imide groups is 1. The zero-order valence-corrected chi connectivity index (χ0v) is 16.1. The Morgan fingerprint density at radius 3 is 2.48 bits per heavy atom. The summed E-state index contributed by atoms with van der Waals surface area (Å²) < 4.78 is 5.16. The average molecular weight is 391 g/mol. The van der Waals surface area contributed by atoms with Crippen LogP contribution in [0.25, 0.3) is 0 Å². The highest BCUT2D eigenvalue weighted by molar-refractivity contribution is 6.15. The Morgan fingerprint density at radius 1 is 1.03 bits per heavy atom.